The molecule has 0 amide bonds. The quantitative estimate of drug-likeness (QED) is 0.753. The molecule has 1 aromatic rings. The van der Waals surface area contributed by atoms with Gasteiger partial charge in [0.2, 0.25) is 0 Å². The molecule has 2 aliphatic heterocycles. The summed E-state index contributed by atoms with van der Waals surface area (Å²) in [6, 6.07) is -0.193. The molecule has 3 heterocycles. The van der Waals surface area contributed by atoms with Crippen LogP contribution in [-0.4, -0.2) is 22.9 Å². The van der Waals surface area contributed by atoms with Gasteiger partial charge in [0.25, 0.3) is 0 Å². The minimum absolute atomic E-state index is 0. The standard InChI is InChI=1S/C10H15FN4.2ClH/c11-7-5-14-15-6-10(9(12)8(7)15)1-3-13-4-2-10;;/h5,9,13H,1-4,6,12H2;2*1H. The first-order valence-corrected chi connectivity index (χ1v) is 5.40. The molecule has 1 atom stereocenters. The highest BCUT2D eigenvalue weighted by atomic mass is 35.5. The van der Waals surface area contributed by atoms with Crippen molar-refractivity contribution in [1.29, 1.82) is 0 Å². The van der Waals surface area contributed by atoms with Gasteiger partial charge in [0.05, 0.1) is 17.9 Å². The monoisotopic (exact) mass is 282 g/mol. The maximum absolute atomic E-state index is 13.5. The fourth-order valence-corrected chi connectivity index (χ4v) is 2.89. The maximum Gasteiger partial charge on any atom is 0.165 e. The van der Waals surface area contributed by atoms with E-state index in [0.29, 0.717) is 5.69 Å². The number of nitrogens with zero attached hydrogens (tertiary/aromatic N) is 2. The third kappa shape index (κ3) is 2.05. The number of nitrogens with one attached hydrogen (secondary N) is 1. The van der Waals surface area contributed by atoms with Crippen molar-refractivity contribution in [2.45, 2.75) is 25.4 Å². The first-order chi connectivity index (χ1) is 7.23. The molecule has 1 unspecified atom stereocenters. The Kier molecular flexibility index (Phi) is 4.41. The second-order valence-electron chi connectivity index (χ2n) is 4.63. The van der Waals surface area contributed by atoms with Crippen molar-refractivity contribution in [2.24, 2.45) is 11.1 Å². The first kappa shape index (κ1) is 14.7. The predicted molar refractivity (Wildman–Crippen MR) is 68.1 cm³/mol. The Bertz CT molecular complexity index is 390. The summed E-state index contributed by atoms with van der Waals surface area (Å²) in [6.45, 7) is 2.72. The Morgan fingerprint density at radius 1 is 1.41 bits per heavy atom. The van der Waals surface area contributed by atoms with Crippen LogP contribution in [0.25, 0.3) is 0 Å². The van der Waals surface area contributed by atoms with E-state index in [9.17, 15) is 4.39 Å². The molecule has 1 saturated heterocycles. The number of hydrogen-bond donors (Lipinski definition) is 2. The second-order valence-corrected chi connectivity index (χ2v) is 4.63. The van der Waals surface area contributed by atoms with Crippen molar-refractivity contribution in [3.8, 4) is 0 Å². The number of piperidine rings is 1. The van der Waals surface area contributed by atoms with E-state index in [2.05, 4.69) is 10.4 Å². The van der Waals surface area contributed by atoms with Gasteiger partial charge in [-0.1, -0.05) is 0 Å². The Balaban J connectivity index is 0.000000722. The largest absolute Gasteiger partial charge is 0.322 e. The normalized spacial score (nSPS) is 24.9. The van der Waals surface area contributed by atoms with E-state index in [1.807, 2.05) is 0 Å². The molecule has 0 saturated carbocycles. The molecule has 1 aromatic heterocycles. The molecule has 1 fully saturated rings. The highest BCUT2D eigenvalue weighted by Crippen LogP contribution is 2.46. The van der Waals surface area contributed by atoms with Crippen molar-refractivity contribution in [3.63, 3.8) is 0 Å². The summed E-state index contributed by atoms with van der Waals surface area (Å²) in [7, 11) is 0. The molecule has 7 heteroatoms. The van der Waals surface area contributed by atoms with Gasteiger partial charge in [-0.05, 0) is 25.9 Å². The van der Waals surface area contributed by atoms with E-state index < -0.39 is 0 Å². The zero-order valence-corrected chi connectivity index (χ0v) is 11.0. The lowest BCUT2D eigenvalue weighted by molar-refractivity contribution is 0.157. The summed E-state index contributed by atoms with van der Waals surface area (Å²) in [5.41, 5.74) is 6.80. The van der Waals surface area contributed by atoms with Crippen molar-refractivity contribution < 1.29 is 4.39 Å². The van der Waals surface area contributed by atoms with Crippen LogP contribution in [0.4, 0.5) is 4.39 Å². The highest BCUT2D eigenvalue weighted by Gasteiger charge is 2.47. The molecule has 4 nitrogen and oxygen atoms in total. The topological polar surface area (TPSA) is 55.9 Å². The zero-order chi connectivity index (χ0) is 10.5. The summed E-state index contributed by atoms with van der Waals surface area (Å²) in [5, 5.41) is 7.35. The summed E-state index contributed by atoms with van der Waals surface area (Å²) >= 11 is 0. The van der Waals surface area contributed by atoms with E-state index in [1.54, 1.807) is 4.68 Å². The maximum atomic E-state index is 13.5. The molecule has 0 bridgehead atoms. The van der Waals surface area contributed by atoms with Crippen LogP contribution in [0.3, 0.4) is 0 Å². The van der Waals surface area contributed by atoms with Crippen LogP contribution >= 0.6 is 24.8 Å². The van der Waals surface area contributed by atoms with Crippen molar-refractivity contribution in [3.05, 3.63) is 17.7 Å². The fraction of sp³-hybridized carbons (Fsp3) is 0.700. The van der Waals surface area contributed by atoms with Crippen LogP contribution in [-0.2, 0) is 6.54 Å². The molecule has 98 valence electrons. The number of nitrogens with two attached hydrogens (primary N) is 1. The van der Waals surface area contributed by atoms with Crippen LogP contribution in [0.5, 0.6) is 0 Å². The second kappa shape index (κ2) is 5.10. The van der Waals surface area contributed by atoms with Crippen molar-refractivity contribution in [1.82, 2.24) is 15.1 Å². The Hall–Kier alpha value is -0.360. The molecule has 3 N–H and O–H groups in total. The number of halogens is 3. The van der Waals surface area contributed by atoms with Gasteiger partial charge >= 0.3 is 0 Å². The molecule has 0 radical (unpaired) electrons. The van der Waals surface area contributed by atoms with Gasteiger partial charge in [-0.3, -0.25) is 4.68 Å². The van der Waals surface area contributed by atoms with Crippen LogP contribution in [0.1, 0.15) is 24.6 Å². The molecule has 0 aliphatic carbocycles. The van der Waals surface area contributed by atoms with E-state index in [0.717, 1.165) is 32.5 Å². The third-order valence-corrected chi connectivity index (χ3v) is 3.85. The van der Waals surface area contributed by atoms with Gasteiger partial charge in [-0.2, -0.15) is 5.10 Å². The SMILES string of the molecule is Cl.Cl.NC1c2c(F)cnn2CC12CCNCC2. The van der Waals surface area contributed by atoms with E-state index in [4.69, 9.17) is 5.73 Å². The molecule has 3 rings (SSSR count). The molecular formula is C10H17Cl2FN4. The fourth-order valence-electron chi connectivity index (χ4n) is 2.89. The van der Waals surface area contributed by atoms with E-state index >= 15 is 0 Å². The lowest BCUT2D eigenvalue weighted by Gasteiger charge is -2.36. The Labute approximate surface area is 112 Å². The van der Waals surface area contributed by atoms with E-state index in [1.165, 1.54) is 6.20 Å². The van der Waals surface area contributed by atoms with Gasteiger partial charge in [0, 0.05) is 12.0 Å². The van der Waals surface area contributed by atoms with Gasteiger partial charge in [0.15, 0.2) is 5.82 Å². The lowest BCUT2D eigenvalue weighted by Crippen LogP contribution is -2.42. The number of rotatable bonds is 0. The zero-order valence-electron chi connectivity index (χ0n) is 9.36. The average molecular weight is 283 g/mol. The highest BCUT2D eigenvalue weighted by molar-refractivity contribution is 5.85. The minimum atomic E-state index is -0.252. The molecule has 0 aromatic carbocycles. The molecular weight excluding hydrogens is 266 g/mol. The van der Waals surface area contributed by atoms with Gasteiger partial charge in [-0.15, -0.1) is 24.8 Å². The van der Waals surface area contributed by atoms with Gasteiger partial charge in [-0.25, -0.2) is 4.39 Å². The summed E-state index contributed by atoms with van der Waals surface area (Å²) in [4.78, 5) is 0. The van der Waals surface area contributed by atoms with E-state index in [-0.39, 0.29) is 42.1 Å². The number of hydrogen-bond acceptors (Lipinski definition) is 3. The first-order valence-electron chi connectivity index (χ1n) is 5.40. The molecule has 17 heavy (non-hydrogen) atoms. The van der Waals surface area contributed by atoms with Gasteiger partial charge < -0.3 is 11.1 Å². The van der Waals surface area contributed by atoms with Crippen LogP contribution in [0.2, 0.25) is 0 Å². The summed E-state index contributed by atoms with van der Waals surface area (Å²) in [6.07, 6.45) is 3.29. The van der Waals surface area contributed by atoms with Crippen molar-refractivity contribution in [2.75, 3.05) is 13.1 Å². The predicted octanol–water partition coefficient (Wildman–Crippen LogP) is 1.25. The number of fused-ring (bicyclic) bond motifs is 1. The average Bonchev–Trinajstić information content (AvgIpc) is 2.71. The minimum Gasteiger partial charge on any atom is -0.322 e. The number of aromatic nitrogens is 2. The Morgan fingerprint density at radius 3 is 2.65 bits per heavy atom. The summed E-state index contributed by atoms with van der Waals surface area (Å²) < 4.78 is 15.2. The molecule has 1 spiro atoms. The lowest BCUT2D eigenvalue weighted by atomic mass is 9.74. The smallest absolute Gasteiger partial charge is 0.165 e. The van der Waals surface area contributed by atoms with Crippen molar-refractivity contribution >= 4 is 24.8 Å². The summed E-state index contributed by atoms with van der Waals surface area (Å²) in [5.74, 6) is -0.252. The molecule has 2 aliphatic rings. The van der Waals surface area contributed by atoms with Crippen LogP contribution in [0.15, 0.2) is 6.20 Å². The van der Waals surface area contributed by atoms with Crippen LogP contribution < -0.4 is 11.1 Å². The Morgan fingerprint density at radius 2 is 2.06 bits per heavy atom. The van der Waals surface area contributed by atoms with Crippen LogP contribution in [0, 0.1) is 11.2 Å². The third-order valence-electron chi connectivity index (χ3n) is 3.85. The van der Waals surface area contributed by atoms with Gasteiger partial charge in [0.1, 0.15) is 0 Å².